The SMILES string of the molecule is C=S(c1nnc(SC)s1)c1nnc([N+](=O)[O-])s1. The molecule has 0 amide bonds. The second-order valence-corrected chi connectivity index (χ2v) is 7.59. The summed E-state index contributed by atoms with van der Waals surface area (Å²) in [7, 11) is -0.651. The highest BCUT2D eigenvalue weighted by Gasteiger charge is 2.19. The average molecular weight is 307 g/mol. The monoisotopic (exact) mass is 307 g/mol. The largest absolute Gasteiger partial charge is 0.451 e. The lowest BCUT2D eigenvalue weighted by molar-refractivity contribution is -0.385. The van der Waals surface area contributed by atoms with Crippen molar-refractivity contribution < 1.29 is 4.92 Å². The van der Waals surface area contributed by atoms with Crippen LogP contribution < -0.4 is 0 Å². The Labute approximate surface area is 110 Å². The van der Waals surface area contributed by atoms with E-state index in [0.29, 0.717) is 8.68 Å². The zero-order valence-corrected chi connectivity index (χ0v) is 11.7. The highest BCUT2D eigenvalue weighted by atomic mass is 32.2. The van der Waals surface area contributed by atoms with Crippen LogP contribution in [-0.4, -0.2) is 37.4 Å². The van der Waals surface area contributed by atoms with E-state index >= 15 is 0 Å². The van der Waals surface area contributed by atoms with Crippen molar-refractivity contribution in [2.75, 3.05) is 6.26 Å². The van der Waals surface area contributed by atoms with E-state index in [1.807, 2.05) is 6.26 Å². The van der Waals surface area contributed by atoms with Gasteiger partial charge in [-0.05, 0) is 27.6 Å². The van der Waals surface area contributed by atoms with Gasteiger partial charge in [0.25, 0.3) is 0 Å². The summed E-state index contributed by atoms with van der Waals surface area (Å²) in [5.41, 5.74) is 0. The van der Waals surface area contributed by atoms with E-state index < -0.39 is 15.4 Å². The van der Waals surface area contributed by atoms with Gasteiger partial charge in [0.2, 0.25) is 4.34 Å². The summed E-state index contributed by atoms with van der Waals surface area (Å²) in [6.07, 6.45) is 1.90. The van der Waals surface area contributed by atoms with Gasteiger partial charge in [0.05, 0.1) is 5.10 Å². The Morgan fingerprint density at radius 3 is 2.47 bits per heavy atom. The maximum absolute atomic E-state index is 10.5. The van der Waals surface area contributed by atoms with E-state index in [0.717, 1.165) is 15.7 Å². The molecule has 0 fully saturated rings. The first-order valence-corrected chi connectivity index (χ1v) is 8.26. The highest BCUT2D eigenvalue weighted by molar-refractivity contribution is 8.16. The molecule has 11 heteroatoms. The summed E-state index contributed by atoms with van der Waals surface area (Å²) < 4.78 is 2.04. The van der Waals surface area contributed by atoms with Crippen molar-refractivity contribution >= 4 is 55.9 Å². The van der Waals surface area contributed by atoms with Crippen molar-refractivity contribution in [3.05, 3.63) is 10.1 Å². The van der Waals surface area contributed by atoms with Crippen LogP contribution in [0.3, 0.4) is 0 Å². The molecule has 0 aliphatic rings. The van der Waals surface area contributed by atoms with E-state index in [1.165, 1.54) is 23.1 Å². The number of aromatic nitrogens is 4. The fourth-order valence-electron chi connectivity index (χ4n) is 0.830. The minimum atomic E-state index is -0.651. The number of hydrogen-bond donors (Lipinski definition) is 0. The standard InChI is InChI=1S/C6H5N5O2S4/c1-14-4-8-10-6(16-4)17(2)5-9-7-3(15-5)11(12)13/h2H2,1H3. The van der Waals surface area contributed by atoms with Crippen molar-refractivity contribution in [2.45, 2.75) is 13.0 Å². The number of hydrogen-bond acceptors (Lipinski definition) is 9. The van der Waals surface area contributed by atoms with Gasteiger partial charge in [-0.2, -0.15) is 0 Å². The number of nitrogens with zero attached hydrogens (tertiary/aromatic N) is 5. The molecular weight excluding hydrogens is 302 g/mol. The van der Waals surface area contributed by atoms with Crippen LogP contribution in [0.2, 0.25) is 0 Å². The summed E-state index contributed by atoms with van der Waals surface area (Å²) in [6, 6.07) is 0. The van der Waals surface area contributed by atoms with Crippen LogP contribution in [0, 0.1) is 10.1 Å². The first kappa shape index (κ1) is 12.5. The van der Waals surface area contributed by atoms with E-state index in [4.69, 9.17) is 0 Å². The van der Waals surface area contributed by atoms with Crippen molar-refractivity contribution in [3.8, 4) is 0 Å². The molecule has 2 aromatic heterocycles. The zero-order chi connectivity index (χ0) is 12.4. The smallest absolute Gasteiger partial charge is 0.357 e. The van der Waals surface area contributed by atoms with E-state index in [1.54, 1.807) is 0 Å². The molecule has 0 aliphatic heterocycles. The maximum Gasteiger partial charge on any atom is 0.451 e. The van der Waals surface area contributed by atoms with Crippen LogP contribution in [-0.2, 0) is 0 Å². The van der Waals surface area contributed by atoms with Crippen LogP contribution in [0.15, 0.2) is 13.0 Å². The molecule has 17 heavy (non-hydrogen) atoms. The van der Waals surface area contributed by atoms with Gasteiger partial charge >= 0.3 is 5.13 Å². The third-order valence-electron chi connectivity index (χ3n) is 1.54. The van der Waals surface area contributed by atoms with Gasteiger partial charge in [0.1, 0.15) is 0 Å². The van der Waals surface area contributed by atoms with Gasteiger partial charge in [-0.3, -0.25) is 0 Å². The summed E-state index contributed by atoms with van der Waals surface area (Å²) in [6.45, 7) is 0. The van der Waals surface area contributed by atoms with Gasteiger partial charge < -0.3 is 10.1 Å². The minimum Gasteiger partial charge on any atom is -0.357 e. The summed E-state index contributed by atoms with van der Waals surface area (Å²) >= 11 is 3.83. The molecule has 0 aromatic carbocycles. The molecule has 0 saturated carbocycles. The molecular formula is C6H5N5O2S4. The molecule has 0 radical (unpaired) electrons. The third-order valence-corrected chi connectivity index (χ3v) is 6.61. The predicted molar refractivity (Wildman–Crippen MR) is 69.5 cm³/mol. The average Bonchev–Trinajstić information content (AvgIpc) is 2.97. The van der Waals surface area contributed by atoms with Gasteiger partial charge in [-0.15, -0.1) is 10.2 Å². The summed E-state index contributed by atoms with van der Waals surface area (Å²) in [5.74, 6) is 3.91. The molecule has 2 rings (SSSR count). The minimum absolute atomic E-state index is 0.226. The van der Waals surface area contributed by atoms with E-state index in [-0.39, 0.29) is 5.13 Å². The molecule has 1 atom stereocenters. The Morgan fingerprint density at radius 2 is 1.94 bits per heavy atom. The second-order valence-electron chi connectivity index (χ2n) is 2.54. The topological polar surface area (TPSA) is 94.7 Å². The molecule has 1 unspecified atom stereocenters. The first-order valence-electron chi connectivity index (χ1n) is 4.01. The van der Waals surface area contributed by atoms with Crippen molar-refractivity contribution in [2.24, 2.45) is 0 Å². The Morgan fingerprint density at radius 1 is 1.29 bits per heavy atom. The molecule has 0 aliphatic carbocycles. The number of thioether (sulfide) groups is 1. The van der Waals surface area contributed by atoms with Crippen molar-refractivity contribution in [3.63, 3.8) is 0 Å². The van der Waals surface area contributed by atoms with Gasteiger partial charge in [-0.1, -0.05) is 39.5 Å². The van der Waals surface area contributed by atoms with Crippen molar-refractivity contribution in [1.82, 2.24) is 20.4 Å². The molecule has 0 N–H and O–H groups in total. The molecule has 7 nitrogen and oxygen atoms in total. The Kier molecular flexibility index (Phi) is 3.81. The van der Waals surface area contributed by atoms with Crippen LogP contribution in [0.1, 0.15) is 0 Å². The molecule has 2 heterocycles. The Hall–Kier alpha value is -0.910. The van der Waals surface area contributed by atoms with Crippen LogP contribution in [0.25, 0.3) is 0 Å². The molecule has 0 bridgehead atoms. The number of rotatable bonds is 4. The summed E-state index contributed by atoms with van der Waals surface area (Å²) in [4.78, 5) is 9.93. The lowest BCUT2D eigenvalue weighted by Gasteiger charge is -1.92. The summed E-state index contributed by atoms with van der Waals surface area (Å²) in [5, 5.41) is 25.4. The zero-order valence-electron chi connectivity index (χ0n) is 8.39. The van der Waals surface area contributed by atoms with Gasteiger partial charge in [0, 0.05) is 0 Å². The van der Waals surface area contributed by atoms with Crippen molar-refractivity contribution in [1.29, 1.82) is 0 Å². The highest BCUT2D eigenvalue weighted by Crippen LogP contribution is 2.40. The van der Waals surface area contributed by atoms with E-state index in [2.05, 4.69) is 26.3 Å². The fraction of sp³-hybridized carbons (Fsp3) is 0.167. The molecule has 0 saturated heterocycles. The van der Waals surface area contributed by atoms with Crippen LogP contribution >= 0.6 is 44.9 Å². The van der Waals surface area contributed by atoms with Gasteiger partial charge in [0.15, 0.2) is 8.68 Å². The lowest BCUT2D eigenvalue weighted by atomic mass is 11.3. The van der Waals surface area contributed by atoms with Crippen LogP contribution in [0.4, 0.5) is 5.13 Å². The van der Waals surface area contributed by atoms with Gasteiger partial charge in [-0.25, -0.2) is 0 Å². The maximum atomic E-state index is 10.5. The number of nitro groups is 1. The quantitative estimate of drug-likeness (QED) is 0.369. The lowest BCUT2D eigenvalue weighted by Crippen LogP contribution is -1.84. The third kappa shape index (κ3) is 2.68. The molecule has 0 spiro atoms. The Balaban J connectivity index is 2.27. The second kappa shape index (κ2) is 5.16. The Bertz CT molecular complexity index is 578. The fourth-order valence-corrected chi connectivity index (χ4v) is 4.71. The normalized spacial score (nSPS) is 12.5. The molecule has 2 aromatic rings. The van der Waals surface area contributed by atoms with Crippen LogP contribution in [0.5, 0.6) is 0 Å². The molecule has 90 valence electrons. The van der Waals surface area contributed by atoms with E-state index in [9.17, 15) is 10.1 Å². The predicted octanol–water partition coefficient (Wildman–Crippen LogP) is 2.14. The first-order chi connectivity index (χ1) is 8.11.